The van der Waals surface area contributed by atoms with Crippen LogP contribution in [0.3, 0.4) is 0 Å². The third-order valence-electron chi connectivity index (χ3n) is 4.20. The highest BCUT2D eigenvalue weighted by Crippen LogP contribution is 2.26. The van der Waals surface area contributed by atoms with Crippen LogP contribution in [0.4, 0.5) is 0 Å². The molecule has 2 amide bonds. The van der Waals surface area contributed by atoms with Gasteiger partial charge in [-0.25, -0.2) is 17.7 Å². The Balaban J connectivity index is 2.08. The smallest absolute Gasteiger partial charge is 0.284 e. The summed E-state index contributed by atoms with van der Waals surface area (Å²) >= 11 is 0. The highest BCUT2D eigenvalue weighted by Gasteiger charge is 2.37. The van der Waals surface area contributed by atoms with Gasteiger partial charge in [-0.2, -0.15) is 0 Å². The van der Waals surface area contributed by atoms with Crippen LogP contribution < -0.4 is 5.32 Å². The van der Waals surface area contributed by atoms with Gasteiger partial charge in [-0.3, -0.25) is 9.59 Å². The number of hydrogen-bond donors (Lipinski definition) is 2. The molecule has 0 aliphatic carbocycles. The summed E-state index contributed by atoms with van der Waals surface area (Å²) < 4.78 is 34.9. The first-order valence-electron chi connectivity index (χ1n) is 9.11. The first kappa shape index (κ1) is 18.4. The molecule has 1 aromatic carbocycles. The number of piperazine rings is 1. The number of carbonyl (C=O) groups excluding carboxylic acids is 2. The van der Waals surface area contributed by atoms with Crippen LogP contribution in [0.2, 0.25) is 0 Å². The molecule has 2 aromatic rings. The van der Waals surface area contributed by atoms with Crippen LogP contribution in [0, 0.1) is 6.92 Å². The lowest BCUT2D eigenvalue weighted by Gasteiger charge is -2.28. The molecule has 0 atom stereocenters. The van der Waals surface area contributed by atoms with Gasteiger partial charge in [0.1, 0.15) is 12.2 Å². The molecule has 148 valence electrons. The van der Waals surface area contributed by atoms with Crippen molar-refractivity contribution >= 4 is 27.9 Å². The molecule has 28 heavy (non-hydrogen) atoms. The molecule has 0 saturated carbocycles. The summed E-state index contributed by atoms with van der Waals surface area (Å²) in [6, 6.07) is 5.64. The second-order valence-corrected chi connectivity index (χ2v) is 9.42. The standard InChI is InChI=1S/C19H22N4O4S/c1-12-5-7-13(8-6-12)28(26,27)23-10-16(24)22-15(18(23)25)9-14-17(19(2,3)4)21-11-20-14/h5-9,11H,10H2,1-4H3,(H,20,21)(H,22,24)/b15-9-/i9D. The second-order valence-electron chi connectivity index (χ2n) is 7.55. The van der Waals surface area contributed by atoms with E-state index in [1.165, 1.54) is 18.5 Å². The number of sulfonamides is 1. The fraction of sp³-hybridized carbons (Fsp3) is 0.316. The molecular formula is C19H22N4O4S. The lowest BCUT2D eigenvalue weighted by Crippen LogP contribution is -2.52. The highest BCUT2D eigenvalue weighted by atomic mass is 32.2. The Morgan fingerprint density at radius 2 is 1.86 bits per heavy atom. The molecule has 0 bridgehead atoms. The Labute approximate surface area is 165 Å². The molecule has 3 rings (SSSR count). The second kappa shape index (κ2) is 6.90. The lowest BCUT2D eigenvalue weighted by molar-refractivity contribution is -0.132. The largest absolute Gasteiger partial charge is 0.345 e. The van der Waals surface area contributed by atoms with Gasteiger partial charge in [-0.15, -0.1) is 0 Å². The summed E-state index contributed by atoms with van der Waals surface area (Å²) in [5, 5.41) is 2.35. The number of nitrogens with zero attached hydrogens (tertiary/aromatic N) is 2. The maximum Gasteiger partial charge on any atom is 0.284 e. The minimum absolute atomic E-state index is 0.103. The van der Waals surface area contributed by atoms with Crippen LogP contribution in [-0.2, 0) is 25.0 Å². The molecule has 1 aliphatic rings. The number of carbonyl (C=O) groups is 2. The average molecular weight is 403 g/mol. The van der Waals surface area contributed by atoms with Gasteiger partial charge in [0.15, 0.2) is 0 Å². The summed E-state index contributed by atoms with van der Waals surface area (Å²) in [7, 11) is -4.26. The number of nitrogens with one attached hydrogen (secondary N) is 2. The molecule has 1 saturated heterocycles. The third-order valence-corrected chi connectivity index (χ3v) is 5.94. The monoisotopic (exact) mass is 403 g/mol. The minimum atomic E-state index is -4.26. The molecule has 2 N–H and O–H groups in total. The van der Waals surface area contributed by atoms with Gasteiger partial charge >= 0.3 is 0 Å². The first-order chi connectivity index (χ1) is 13.4. The number of imidazole rings is 1. The molecule has 1 aromatic heterocycles. The van der Waals surface area contributed by atoms with Crippen molar-refractivity contribution < 1.29 is 19.4 Å². The Morgan fingerprint density at radius 3 is 2.46 bits per heavy atom. The normalized spacial score (nSPS) is 18.0. The first-order valence-corrected chi connectivity index (χ1v) is 10.1. The van der Waals surface area contributed by atoms with E-state index in [0.717, 1.165) is 5.56 Å². The third kappa shape index (κ3) is 3.70. The molecule has 1 aliphatic heterocycles. The van der Waals surface area contributed by atoms with Crippen molar-refractivity contribution in [1.82, 2.24) is 19.6 Å². The molecule has 0 radical (unpaired) electrons. The fourth-order valence-corrected chi connectivity index (χ4v) is 4.09. The van der Waals surface area contributed by atoms with E-state index in [-0.39, 0.29) is 16.6 Å². The van der Waals surface area contributed by atoms with Crippen molar-refractivity contribution in [2.45, 2.75) is 38.0 Å². The van der Waals surface area contributed by atoms with Gasteiger partial charge in [0.25, 0.3) is 15.9 Å². The minimum Gasteiger partial charge on any atom is -0.345 e. The number of aromatic nitrogens is 2. The van der Waals surface area contributed by atoms with Crippen LogP contribution in [0.15, 0.2) is 41.2 Å². The van der Waals surface area contributed by atoms with E-state index in [2.05, 4.69) is 15.3 Å². The Morgan fingerprint density at radius 1 is 1.21 bits per heavy atom. The summed E-state index contributed by atoms with van der Waals surface area (Å²) in [4.78, 5) is 32.1. The zero-order valence-electron chi connectivity index (χ0n) is 17.0. The van der Waals surface area contributed by atoms with Gasteiger partial charge < -0.3 is 10.3 Å². The van der Waals surface area contributed by atoms with Crippen LogP contribution in [0.25, 0.3) is 6.05 Å². The zero-order valence-corrected chi connectivity index (χ0v) is 16.8. The summed E-state index contributed by atoms with van der Waals surface area (Å²) in [5.41, 5.74) is 0.782. The quantitative estimate of drug-likeness (QED) is 0.758. The molecule has 2 heterocycles. The van der Waals surface area contributed by atoms with Crippen LogP contribution >= 0.6 is 0 Å². The van der Waals surface area contributed by atoms with Crippen LogP contribution in [0.1, 0.15) is 39.1 Å². The van der Waals surface area contributed by atoms with Crippen molar-refractivity contribution in [3.63, 3.8) is 0 Å². The van der Waals surface area contributed by atoms with E-state index in [4.69, 9.17) is 1.37 Å². The Hall–Kier alpha value is -2.94. The van der Waals surface area contributed by atoms with E-state index in [1.54, 1.807) is 19.1 Å². The number of amides is 2. The van der Waals surface area contributed by atoms with E-state index < -0.39 is 39.5 Å². The summed E-state index contributed by atoms with van der Waals surface area (Å²) in [6.45, 7) is 6.82. The number of rotatable bonds is 3. The number of benzene rings is 1. The van der Waals surface area contributed by atoms with E-state index >= 15 is 0 Å². The molecular weight excluding hydrogens is 380 g/mol. The maximum absolute atomic E-state index is 13.0. The van der Waals surface area contributed by atoms with Gasteiger partial charge in [0.05, 0.1) is 24.0 Å². The van der Waals surface area contributed by atoms with Crippen molar-refractivity contribution in [1.29, 1.82) is 0 Å². The van der Waals surface area contributed by atoms with E-state index in [1.807, 2.05) is 20.8 Å². The van der Waals surface area contributed by atoms with Crippen LogP contribution in [-0.4, -0.2) is 41.1 Å². The van der Waals surface area contributed by atoms with Crippen molar-refractivity contribution in [3.8, 4) is 0 Å². The number of aryl methyl sites for hydroxylation is 1. The predicted molar refractivity (Wildman–Crippen MR) is 103 cm³/mol. The molecule has 1 fully saturated rings. The average Bonchev–Trinajstić information content (AvgIpc) is 3.13. The fourth-order valence-electron chi connectivity index (χ4n) is 2.76. The van der Waals surface area contributed by atoms with E-state index in [0.29, 0.717) is 10.00 Å². The Kier molecular flexibility index (Phi) is 4.54. The van der Waals surface area contributed by atoms with Gasteiger partial charge in [0.2, 0.25) is 5.91 Å². The lowest BCUT2D eigenvalue weighted by atomic mass is 9.90. The Bertz CT molecular complexity index is 1110. The van der Waals surface area contributed by atoms with Crippen molar-refractivity contribution in [2.24, 2.45) is 0 Å². The maximum atomic E-state index is 13.0. The number of hydrogen-bond acceptors (Lipinski definition) is 5. The SMILES string of the molecule is [2H]/C(=C1/NC(=O)CN(S(=O)(=O)c2ccc(C)cc2)C1=O)c1[nH]cnc1C(C)(C)C. The highest BCUT2D eigenvalue weighted by molar-refractivity contribution is 7.89. The van der Waals surface area contributed by atoms with Crippen molar-refractivity contribution in [2.75, 3.05) is 6.54 Å². The van der Waals surface area contributed by atoms with Gasteiger partial charge in [0, 0.05) is 5.41 Å². The van der Waals surface area contributed by atoms with Crippen LogP contribution in [0.5, 0.6) is 0 Å². The molecule has 9 heteroatoms. The van der Waals surface area contributed by atoms with Crippen molar-refractivity contribution in [3.05, 3.63) is 53.2 Å². The van der Waals surface area contributed by atoms with E-state index in [9.17, 15) is 18.0 Å². The van der Waals surface area contributed by atoms with Gasteiger partial charge in [-0.1, -0.05) is 38.5 Å². The zero-order chi connectivity index (χ0) is 21.6. The summed E-state index contributed by atoms with van der Waals surface area (Å²) in [5.74, 6) is -1.67. The molecule has 8 nitrogen and oxygen atoms in total. The van der Waals surface area contributed by atoms with Gasteiger partial charge in [-0.05, 0) is 25.1 Å². The predicted octanol–water partition coefficient (Wildman–Crippen LogP) is 1.70. The number of aromatic amines is 1. The topological polar surface area (TPSA) is 112 Å². The summed E-state index contributed by atoms with van der Waals surface area (Å²) in [6.07, 6.45) is 1.39. The molecule has 0 spiro atoms. The molecule has 0 unspecified atom stereocenters. The number of H-pyrrole nitrogens is 1.